The summed E-state index contributed by atoms with van der Waals surface area (Å²) in [6.07, 6.45) is -0.422. The highest BCUT2D eigenvalue weighted by Crippen LogP contribution is 2.40. The molecule has 2 N–H and O–H groups in total. The number of aryl methyl sites for hydroxylation is 1. The highest BCUT2D eigenvalue weighted by atomic mass is 19.4. The highest BCUT2D eigenvalue weighted by molar-refractivity contribution is 6.22. The maximum atomic E-state index is 14.5. The zero-order chi connectivity index (χ0) is 41.6. The van der Waals surface area contributed by atoms with Crippen LogP contribution in [0.1, 0.15) is 78.3 Å². The Kier molecular flexibility index (Phi) is 10.1. The smallest absolute Gasteiger partial charge is 0.371 e. The number of aromatic nitrogens is 3. The molecular formula is C42H36F3N9O5. The summed E-state index contributed by atoms with van der Waals surface area (Å²) < 4.78 is 45.2. The van der Waals surface area contributed by atoms with Crippen molar-refractivity contribution in [2.75, 3.05) is 36.9 Å². The monoisotopic (exact) mass is 803 g/mol. The molecule has 0 spiro atoms. The van der Waals surface area contributed by atoms with Gasteiger partial charge in [0.25, 0.3) is 17.7 Å². The molecule has 300 valence electrons. The number of hydrazine groups is 1. The van der Waals surface area contributed by atoms with E-state index in [2.05, 4.69) is 37.5 Å². The molecule has 3 aliphatic heterocycles. The van der Waals surface area contributed by atoms with Gasteiger partial charge < -0.3 is 10.2 Å². The minimum Gasteiger partial charge on any atom is -0.371 e. The van der Waals surface area contributed by atoms with Crippen LogP contribution in [-0.2, 0) is 17.5 Å². The van der Waals surface area contributed by atoms with Crippen molar-refractivity contribution in [2.45, 2.75) is 44.9 Å². The number of benzene rings is 3. The van der Waals surface area contributed by atoms with Gasteiger partial charge in [0.05, 0.1) is 29.4 Å². The second kappa shape index (κ2) is 15.4. The van der Waals surface area contributed by atoms with Gasteiger partial charge in [0.2, 0.25) is 5.91 Å². The molecule has 59 heavy (non-hydrogen) atoms. The third kappa shape index (κ3) is 7.69. The summed E-state index contributed by atoms with van der Waals surface area (Å²) in [7, 11) is 1.89. The zero-order valence-electron chi connectivity index (χ0n) is 31.8. The number of anilines is 2. The SMILES string of the molecule is Cc1ccc(C(=O)Nc2ccc(N3CCC(N(C)Cc4ccc5c(c4)C(=O)N(N4CCC(=O)NC4=O)C5=O)CC3)c(C(F)(F)F)c2)cc1C#Cc1cnc2cccnn12. The maximum Gasteiger partial charge on any atom is 0.418 e. The molecule has 8 rings (SSSR count). The first kappa shape index (κ1) is 38.8. The summed E-state index contributed by atoms with van der Waals surface area (Å²) in [4.78, 5) is 71.6. The number of amides is 6. The maximum absolute atomic E-state index is 14.5. The topological polar surface area (TPSA) is 153 Å². The van der Waals surface area contributed by atoms with Crippen molar-refractivity contribution < 1.29 is 37.1 Å². The lowest BCUT2D eigenvalue weighted by molar-refractivity contribution is -0.137. The van der Waals surface area contributed by atoms with E-state index in [1.165, 1.54) is 18.2 Å². The van der Waals surface area contributed by atoms with Crippen LogP contribution >= 0.6 is 0 Å². The number of hydrogen-bond donors (Lipinski definition) is 2. The Hall–Kier alpha value is -7.06. The van der Waals surface area contributed by atoms with E-state index in [1.54, 1.807) is 64.3 Å². The normalized spacial score (nSPS) is 16.1. The van der Waals surface area contributed by atoms with Gasteiger partial charge in [-0.25, -0.2) is 19.3 Å². The van der Waals surface area contributed by atoms with Crippen LogP contribution in [0.15, 0.2) is 79.1 Å². The minimum absolute atomic E-state index is 0.00217. The zero-order valence-corrected chi connectivity index (χ0v) is 31.8. The van der Waals surface area contributed by atoms with E-state index in [9.17, 15) is 37.1 Å². The molecule has 17 heteroatoms. The molecule has 0 aliphatic carbocycles. The summed E-state index contributed by atoms with van der Waals surface area (Å²) in [5.41, 5.74) is 2.98. The number of carbonyl (C=O) groups excluding carboxylic acids is 5. The molecular weight excluding hydrogens is 768 g/mol. The molecule has 3 aliphatic rings. The lowest BCUT2D eigenvalue weighted by Crippen LogP contribution is -2.58. The third-order valence-electron chi connectivity index (χ3n) is 10.7. The van der Waals surface area contributed by atoms with Gasteiger partial charge in [-0.15, -0.1) is 0 Å². The van der Waals surface area contributed by atoms with Crippen LogP contribution in [0, 0.1) is 18.8 Å². The number of nitrogens with one attached hydrogen (secondary N) is 2. The van der Waals surface area contributed by atoms with E-state index in [1.807, 2.05) is 14.0 Å². The average molecular weight is 804 g/mol. The van der Waals surface area contributed by atoms with Gasteiger partial charge >= 0.3 is 12.2 Å². The Balaban J connectivity index is 0.909. The average Bonchev–Trinajstić information content (AvgIpc) is 3.74. The molecule has 6 amide bonds. The van der Waals surface area contributed by atoms with Crippen molar-refractivity contribution in [3.8, 4) is 11.8 Å². The van der Waals surface area contributed by atoms with Crippen LogP contribution in [0.2, 0.25) is 0 Å². The molecule has 0 bridgehead atoms. The van der Waals surface area contributed by atoms with Crippen molar-refractivity contribution in [1.29, 1.82) is 0 Å². The Labute approximate surface area is 335 Å². The van der Waals surface area contributed by atoms with Crippen molar-refractivity contribution in [1.82, 2.24) is 34.8 Å². The molecule has 14 nitrogen and oxygen atoms in total. The summed E-state index contributed by atoms with van der Waals surface area (Å²) in [5, 5.41) is 10.7. The van der Waals surface area contributed by atoms with E-state index in [-0.39, 0.29) is 47.1 Å². The highest BCUT2D eigenvalue weighted by Gasteiger charge is 2.43. The van der Waals surface area contributed by atoms with Crippen LogP contribution in [-0.4, -0.2) is 91.9 Å². The van der Waals surface area contributed by atoms with Crippen LogP contribution in [0.5, 0.6) is 0 Å². The molecule has 5 heterocycles. The fourth-order valence-electron chi connectivity index (χ4n) is 7.57. The second-order valence-electron chi connectivity index (χ2n) is 14.6. The number of nitrogens with zero attached hydrogens (tertiary/aromatic N) is 7. The number of rotatable bonds is 7. The van der Waals surface area contributed by atoms with E-state index in [0.29, 0.717) is 49.4 Å². The van der Waals surface area contributed by atoms with Crippen molar-refractivity contribution >= 4 is 46.7 Å². The fraction of sp³-hybridized carbons (Fsp3) is 0.262. The first-order valence-electron chi connectivity index (χ1n) is 18.8. The van der Waals surface area contributed by atoms with Crippen molar-refractivity contribution in [3.63, 3.8) is 0 Å². The molecule has 0 saturated carbocycles. The van der Waals surface area contributed by atoms with Gasteiger partial charge in [-0.3, -0.25) is 29.4 Å². The number of halogens is 3. The van der Waals surface area contributed by atoms with E-state index in [0.717, 1.165) is 27.2 Å². The number of alkyl halides is 3. The molecule has 0 unspecified atom stereocenters. The van der Waals surface area contributed by atoms with Crippen LogP contribution < -0.4 is 15.5 Å². The summed E-state index contributed by atoms with van der Waals surface area (Å²) in [6.45, 7) is 2.82. The molecule has 2 aromatic heterocycles. The molecule has 0 atom stereocenters. The van der Waals surface area contributed by atoms with E-state index in [4.69, 9.17) is 0 Å². The molecule has 2 fully saturated rings. The largest absolute Gasteiger partial charge is 0.418 e. The quantitative estimate of drug-likeness (QED) is 0.166. The van der Waals surface area contributed by atoms with Gasteiger partial charge in [-0.1, -0.05) is 18.1 Å². The van der Waals surface area contributed by atoms with Gasteiger partial charge in [0, 0.05) is 60.8 Å². The number of fused-ring (bicyclic) bond motifs is 2. The Morgan fingerprint density at radius 3 is 2.49 bits per heavy atom. The second-order valence-corrected chi connectivity index (χ2v) is 14.6. The van der Waals surface area contributed by atoms with Crippen LogP contribution in [0.25, 0.3) is 5.65 Å². The molecule has 2 saturated heterocycles. The number of imide groups is 2. The predicted octanol–water partition coefficient (Wildman–Crippen LogP) is 5.26. The Morgan fingerprint density at radius 2 is 1.73 bits per heavy atom. The summed E-state index contributed by atoms with van der Waals surface area (Å²) in [6, 6.07) is 16.3. The number of urea groups is 1. The standard InChI is InChI=1S/C42H36F3N9O5/c1-25-5-7-28(21-27(25)8-10-31-23-46-36-4-3-16-47-53(31)36)38(56)48-29-9-12-35(34(22-29)42(43,44)45)51-17-13-30(14-18-51)50(2)24-26-6-11-32-33(20-26)40(58)54(39(32)57)52-19-15-37(55)49-41(52)59/h3-7,9,11-12,16,20-23,30H,13-15,17-19,24H2,1-2H3,(H,48,56)(H,49,55,59). The Bertz CT molecular complexity index is 2620. The number of carbonyl (C=O) groups is 5. The molecule has 5 aromatic rings. The van der Waals surface area contributed by atoms with E-state index < -0.39 is 41.4 Å². The molecule has 0 radical (unpaired) electrons. The van der Waals surface area contributed by atoms with Gasteiger partial charge in [0.15, 0.2) is 5.65 Å². The predicted molar refractivity (Wildman–Crippen MR) is 208 cm³/mol. The first-order chi connectivity index (χ1) is 28.2. The van der Waals surface area contributed by atoms with Crippen molar-refractivity contribution in [3.05, 3.63) is 124 Å². The van der Waals surface area contributed by atoms with Crippen molar-refractivity contribution in [2.24, 2.45) is 0 Å². The van der Waals surface area contributed by atoms with Crippen LogP contribution in [0.4, 0.5) is 29.3 Å². The van der Waals surface area contributed by atoms with Gasteiger partial charge in [-0.05, 0) is 98.5 Å². The van der Waals surface area contributed by atoms with Crippen LogP contribution in [0.3, 0.4) is 0 Å². The Morgan fingerprint density at radius 1 is 0.949 bits per heavy atom. The fourth-order valence-corrected chi connectivity index (χ4v) is 7.57. The lowest BCUT2D eigenvalue weighted by Gasteiger charge is -2.38. The van der Waals surface area contributed by atoms with Gasteiger partial charge in [0.1, 0.15) is 5.69 Å². The lowest BCUT2D eigenvalue weighted by atomic mass is 10.00. The molecule has 3 aromatic carbocycles. The summed E-state index contributed by atoms with van der Waals surface area (Å²) >= 11 is 0. The van der Waals surface area contributed by atoms with Gasteiger partial charge in [-0.2, -0.15) is 23.3 Å². The van der Waals surface area contributed by atoms with E-state index >= 15 is 0 Å². The number of imidazole rings is 1. The summed E-state index contributed by atoms with van der Waals surface area (Å²) in [5.74, 6) is 3.68. The first-order valence-corrected chi connectivity index (χ1v) is 18.8. The third-order valence-corrected chi connectivity index (χ3v) is 10.7. The number of hydrogen-bond acceptors (Lipinski definition) is 9. The number of piperidine rings is 1. The minimum atomic E-state index is -4.69.